The molecule has 0 atom stereocenters. The van der Waals surface area contributed by atoms with Crippen molar-refractivity contribution in [2.75, 3.05) is 0 Å². The molecule has 0 N–H and O–H groups in total. The van der Waals surface area contributed by atoms with E-state index in [0.717, 1.165) is 5.56 Å². The predicted molar refractivity (Wildman–Crippen MR) is 57.4 cm³/mol. The van der Waals surface area contributed by atoms with E-state index in [1.165, 1.54) is 19.1 Å². The van der Waals surface area contributed by atoms with Gasteiger partial charge in [-0.15, -0.1) is 0 Å². The number of Topliss-reactive ketones (excluding diaryl/α,β-unsaturated/α-hetero) is 1. The highest BCUT2D eigenvalue weighted by atomic mass is 19.3. The molecule has 0 unspecified atom stereocenters. The largest absolute Gasteiger partial charge is 0.300 e. The molecule has 0 aromatic heterocycles. The molecule has 1 nitrogen and oxygen atoms in total. The van der Waals surface area contributed by atoms with Gasteiger partial charge in [-0.2, -0.15) is 0 Å². The van der Waals surface area contributed by atoms with Gasteiger partial charge in [-0.05, 0) is 25.3 Å². The van der Waals surface area contributed by atoms with Crippen LogP contribution in [-0.2, 0) is 17.1 Å². The molecule has 86 valence electrons. The van der Waals surface area contributed by atoms with Crippen molar-refractivity contribution < 1.29 is 13.6 Å². The zero-order valence-electron chi connectivity index (χ0n) is 9.17. The van der Waals surface area contributed by atoms with Crippen LogP contribution in [0.3, 0.4) is 0 Å². The van der Waals surface area contributed by atoms with Crippen molar-refractivity contribution in [3.63, 3.8) is 0 Å². The molecule has 2 rings (SSSR count). The van der Waals surface area contributed by atoms with Crippen molar-refractivity contribution in [1.82, 2.24) is 0 Å². The first kappa shape index (κ1) is 11.2. The lowest BCUT2D eigenvalue weighted by atomic mass is 10.0. The van der Waals surface area contributed by atoms with Crippen LogP contribution in [0, 0.1) is 5.92 Å². The third-order valence-electron chi connectivity index (χ3n) is 2.88. The summed E-state index contributed by atoms with van der Waals surface area (Å²) in [5, 5.41) is 0. The van der Waals surface area contributed by atoms with Gasteiger partial charge in [-0.3, -0.25) is 4.79 Å². The van der Waals surface area contributed by atoms with Crippen LogP contribution in [0.2, 0.25) is 0 Å². The molecule has 16 heavy (non-hydrogen) atoms. The summed E-state index contributed by atoms with van der Waals surface area (Å²) in [6.07, 6.45) is 1.54. The Morgan fingerprint density at radius 2 is 1.88 bits per heavy atom. The molecule has 0 amide bonds. The molecule has 0 saturated heterocycles. The second-order valence-electron chi connectivity index (χ2n) is 4.47. The zero-order chi connectivity index (χ0) is 11.8. The van der Waals surface area contributed by atoms with Crippen LogP contribution in [0.15, 0.2) is 24.3 Å². The van der Waals surface area contributed by atoms with Crippen molar-refractivity contribution in [2.24, 2.45) is 5.92 Å². The summed E-state index contributed by atoms with van der Waals surface area (Å²) < 4.78 is 27.3. The number of halogens is 2. The van der Waals surface area contributed by atoms with Crippen molar-refractivity contribution in [2.45, 2.75) is 32.1 Å². The Bertz CT molecular complexity index is 391. The number of carbonyl (C=O) groups is 1. The summed E-state index contributed by atoms with van der Waals surface area (Å²) in [7, 11) is 0. The van der Waals surface area contributed by atoms with Gasteiger partial charge < -0.3 is 0 Å². The van der Waals surface area contributed by atoms with Gasteiger partial charge >= 0.3 is 0 Å². The third kappa shape index (κ3) is 2.29. The number of carbonyl (C=O) groups excluding carboxylic acids is 1. The van der Waals surface area contributed by atoms with Crippen LogP contribution in [0.4, 0.5) is 8.78 Å². The minimum Gasteiger partial charge on any atom is -0.300 e. The average Bonchev–Trinajstić information content (AvgIpc) is 3.00. The monoisotopic (exact) mass is 224 g/mol. The Morgan fingerprint density at radius 3 is 2.31 bits per heavy atom. The fourth-order valence-corrected chi connectivity index (χ4v) is 1.81. The minimum atomic E-state index is -2.70. The molecule has 1 aromatic rings. The molecule has 0 spiro atoms. The van der Waals surface area contributed by atoms with Gasteiger partial charge in [0, 0.05) is 17.9 Å². The lowest BCUT2D eigenvalue weighted by molar-refractivity contribution is -0.116. The number of alkyl halides is 2. The second-order valence-corrected chi connectivity index (χ2v) is 4.47. The molecule has 0 bridgehead atoms. The van der Waals surface area contributed by atoms with E-state index in [9.17, 15) is 13.6 Å². The van der Waals surface area contributed by atoms with E-state index < -0.39 is 11.8 Å². The van der Waals surface area contributed by atoms with Gasteiger partial charge in [-0.25, -0.2) is 8.78 Å². The first-order chi connectivity index (χ1) is 7.50. The van der Waals surface area contributed by atoms with Crippen LogP contribution in [0.1, 0.15) is 30.9 Å². The summed E-state index contributed by atoms with van der Waals surface area (Å²) in [5.41, 5.74) is 0.866. The standard InChI is InChI=1S/C13H14F2O/c1-9(16)8-10-2-4-11(5-3-10)13(14,15)12-6-7-12/h2-5,12H,6-8H2,1H3. The minimum absolute atomic E-state index is 0.0432. The Morgan fingerprint density at radius 1 is 1.31 bits per heavy atom. The van der Waals surface area contributed by atoms with Crippen molar-refractivity contribution >= 4 is 5.78 Å². The molecule has 1 aromatic carbocycles. The number of hydrogen-bond acceptors (Lipinski definition) is 1. The average molecular weight is 224 g/mol. The maximum absolute atomic E-state index is 13.7. The summed E-state index contributed by atoms with van der Waals surface area (Å²) in [6.45, 7) is 1.49. The highest BCUT2D eigenvalue weighted by Crippen LogP contribution is 2.49. The molecule has 1 fully saturated rings. The van der Waals surface area contributed by atoms with E-state index >= 15 is 0 Å². The van der Waals surface area contributed by atoms with Crippen molar-refractivity contribution in [3.8, 4) is 0 Å². The Labute approximate surface area is 93.5 Å². The van der Waals surface area contributed by atoms with Gasteiger partial charge in [0.15, 0.2) is 0 Å². The molecule has 1 aliphatic carbocycles. The lowest BCUT2D eigenvalue weighted by Crippen LogP contribution is -2.15. The number of benzene rings is 1. The second kappa shape index (κ2) is 3.96. The Hall–Kier alpha value is -1.25. The molecule has 1 aliphatic rings. The van der Waals surface area contributed by atoms with Crippen LogP contribution in [0.25, 0.3) is 0 Å². The predicted octanol–water partition coefficient (Wildman–Crippen LogP) is 3.32. The van der Waals surface area contributed by atoms with Crippen LogP contribution in [0.5, 0.6) is 0 Å². The van der Waals surface area contributed by atoms with Crippen molar-refractivity contribution in [3.05, 3.63) is 35.4 Å². The van der Waals surface area contributed by atoms with E-state index in [4.69, 9.17) is 0 Å². The smallest absolute Gasteiger partial charge is 0.276 e. The topological polar surface area (TPSA) is 17.1 Å². The molecule has 0 radical (unpaired) electrons. The number of ketones is 1. The Kier molecular flexibility index (Phi) is 2.78. The van der Waals surface area contributed by atoms with E-state index in [0.29, 0.717) is 19.3 Å². The van der Waals surface area contributed by atoms with Crippen LogP contribution >= 0.6 is 0 Å². The molecular weight excluding hydrogens is 210 g/mol. The van der Waals surface area contributed by atoms with Crippen LogP contribution in [-0.4, -0.2) is 5.78 Å². The molecule has 3 heteroatoms. The zero-order valence-corrected chi connectivity index (χ0v) is 9.17. The highest BCUT2D eigenvalue weighted by Gasteiger charge is 2.47. The first-order valence-electron chi connectivity index (χ1n) is 5.47. The molecular formula is C13H14F2O. The molecule has 0 aliphatic heterocycles. The van der Waals surface area contributed by atoms with Crippen LogP contribution < -0.4 is 0 Å². The van der Waals surface area contributed by atoms with Crippen molar-refractivity contribution in [1.29, 1.82) is 0 Å². The van der Waals surface area contributed by atoms with Gasteiger partial charge in [-0.1, -0.05) is 24.3 Å². The first-order valence-corrected chi connectivity index (χ1v) is 5.47. The summed E-state index contributed by atoms with van der Waals surface area (Å²) in [6, 6.07) is 6.12. The summed E-state index contributed by atoms with van der Waals surface area (Å²) >= 11 is 0. The lowest BCUT2D eigenvalue weighted by Gasteiger charge is -2.16. The fourth-order valence-electron chi connectivity index (χ4n) is 1.81. The summed E-state index contributed by atoms with van der Waals surface area (Å²) in [5.74, 6) is -3.14. The SMILES string of the molecule is CC(=O)Cc1ccc(C(F)(F)C2CC2)cc1. The van der Waals surface area contributed by atoms with E-state index in [1.807, 2.05) is 0 Å². The maximum atomic E-state index is 13.7. The normalized spacial score (nSPS) is 16.2. The third-order valence-corrected chi connectivity index (χ3v) is 2.88. The van der Waals surface area contributed by atoms with E-state index in [2.05, 4.69) is 0 Å². The number of hydrogen-bond donors (Lipinski definition) is 0. The fraction of sp³-hybridized carbons (Fsp3) is 0.462. The molecule has 1 saturated carbocycles. The molecule has 0 heterocycles. The van der Waals surface area contributed by atoms with E-state index in [-0.39, 0.29) is 11.3 Å². The number of rotatable bonds is 4. The maximum Gasteiger partial charge on any atom is 0.276 e. The summed E-state index contributed by atoms with van der Waals surface area (Å²) in [4.78, 5) is 10.9. The quantitative estimate of drug-likeness (QED) is 0.766. The Balaban J connectivity index is 2.15. The van der Waals surface area contributed by atoms with E-state index in [1.54, 1.807) is 12.1 Å². The van der Waals surface area contributed by atoms with Gasteiger partial charge in [0.1, 0.15) is 5.78 Å². The highest BCUT2D eigenvalue weighted by molar-refractivity contribution is 5.78. The van der Waals surface area contributed by atoms with Gasteiger partial charge in [0.25, 0.3) is 5.92 Å². The van der Waals surface area contributed by atoms with Gasteiger partial charge in [0.05, 0.1) is 0 Å². The van der Waals surface area contributed by atoms with Gasteiger partial charge in [0.2, 0.25) is 0 Å².